The first kappa shape index (κ1) is 21.3. The molecule has 0 saturated carbocycles. The van der Waals surface area contributed by atoms with Crippen LogP contribution in [0.4, 0.5) is 4.39 Å². The number of amides is 1. The average molecular weight is 444 g/mol. The largest absolute Gasteiger partial charge is 0.507 e. The Kier molecular flexibility index (Phi) is 5.98. The van der Waals surface area contributed by atoms with Crippen molar-refractivity contribution >= 4 is 17.5 Å². The number of carbonyl (C=O) groups is 1. The summed E-state index contributed by atoms with van der Waals surface area (Å²) in [5, 5.41) is 17.9. The molecule has 1 amide bonds. The Labute approximate surface area is 184 Å². The molecule has 162 valence electrons. The van der Waals surface area contributed by atoms with Crippen LogP contribution >= 0.6 is 11.6 Å². The summed E-state index contributed by atoms with van der Waals surface area (Å²) in [5.74, 6) is -0.714. The Balaban J connectivity index is 1.79. The second kappa shape index (κ2) is 8.69. The standard InChI is InChI=1S/C23H23ClFN3O3/c1-13(2)31-11-5-10-28-22(15-6-3-4-7-17(15)25)19-20(26-27-21(19)23(28)30)16-12-14(24)8-9-18(16)29/h3-4,6-9,12-13,22,29H,5,10-11H2,1-2H3,(H,26,27). The number of phenolic OH excluding ortho intramolecular Hbond substituents is 1. The van der Waals surface area contributed by atoms with Crippen LogP contribution in [0.15, 0.2) is 42.5 Å². The van der Waals surface area contributed by atoms with Gasteiger partial charge in [0, 0.05) is 34.9 Å². The number of nitrogens with one attached hydrogen (secondary N) is 1. The maximum atomic E-state index is 14.9. The van der Waals surface area contributed by atoms with Crippen molar-refractivity contribution < 1.29 is 19.0 Å². The molecule has 1 unspecified atom stereocenters. The zero-order chi connectivity index (χ0) is 22.1. The number of hydrogen-bond acceptors (Lipinski definition) is 4. The first-order chi connectivity index (χ1) is 14.9. The highest BCUT2D eigenvalue weighted by Crippen LogP contribution is 2.45. The van der Waals surface area contributed by atoms with Crippen LogP contribution in [0.25, 0.3) is 11.3 Å². The zero-order valence-corrected chi connectivity index (χ0v) is 18.0. The maximum absolute atomic E-state index is 14.9. The fourth-order valence-electron chi connectivity index (χ4n) is 3.90. The highest BCUT2D eigenvalue weighted by atomic mass is 35.5. The molecule has 8 heteroatoms. The fraction of sp³-hybridized carbons (Fsp3) is 0.304. The van der Waals surface area contributed by atoms with Gasteiger partial charge in [-0.15, -0.1) is 0 Å². The summed E-state index contributed by atoms with van der Waals surface area (Å²) in [6.07, 6.45) is 0.690. The quantitative estimate of drug-likeness (QED) is 0.507. The topological polar surface area (TPSA) is 78.5 Å². The number of fused-ring (bicyclic) bond motifs is 1. The predicted molar refractivity (Wildman–Crippen MR) is 116 cm³/mol. The molecule has 2 aromatic carbocycles. The van der Waals surface area contributed by atoms with Crippen LogP contribution in [-0.4, -0.2) is 45.4 Å². The van der Waals surface area contributed by atoms with E-state index in [-0.39, 0.29) is 23.5 Å². The van der Waals surface area contributed by atoms with E-state index in [1.165, 1.54) is 12.1 Å². The summed E-state index contributed by atoms with van der Waals surface area (Å²) >= 11 is 6.13. The monoisotopic (exact) mass is 443 g/mol. The number of benzene rings is 2. The van der Waals surface area contributed by atoms with Crippen molar-refractivity contribution in [3.63, 3.8) is 0 Å². The molecule has 0 saturated heterocycles. The lowest BCUT2D eigenvalue weighted by atomic mass is 9.95. The lowest BCUT2D eigenvalue weighted by molar-refractivity contribution is 0.0599. The lowest BCUT2D eigenvalue weighted by Gasteiger charge is -2.27. The van der Waals surface area contributed by atoms with Gasteiger partial charge in [-0.25, -0.2) is 4.39 Å². The number of aromatic nitrogens is 2. The van der Waals surface area contributed by atoms with Crippen molar-refractivity contribution in [2.45, 2.75) is 32.4 Å². The van der Waals surface area contributed by atoms with Crippen molar-refractivity contribution in [1.29, 1.82) is 0 Å². The van der Waals surface area contributed by atoms with E-state index >= 15 is 0 Å². The fourth-order valence-corrected chi connectivity index (χ4v) is 4.08. The number of hydrogen-bond donors (Lipinski definition) is 2. The summed E-state index contributed by atoms with van der Waals surface area (Å²) in [7, 11) is 0. The van der Waals surface area contributed by atoms with E-state index in [0.717, 1.165) is 0 Å². The Hall–Kier alpha value is -2.90. The molecule has 1 aromatic heterocycles. The molecule has 1 aliphatic heterocycles. The third-order valence-corrected chi connectivity index (χ3v) is 5.51. The molecule has 0 bridgehead atoms. The number of carbonyl (C=O) groups excluding carboxylic acids is 1. The number of ether oxygens (including phenoxy) is 1. The maximum Gasteiger partial charge on any atom is 0.273 e. The van der Waals surface area contributed by atoms with Gasteiger partial charge in [-0.05, 0) is 44.5 Å². The molecular formula is C23H23ClFN3O3. The van der Waals surface area contributed by atoms with E-state index in [1.54, 1.807) is 35.2 Å². The normalized spacial score (nSPS) is 15.7. The van der Waals surface area contributed by atoms with Crippen LogP contribution in [0.5, 0.6) is 5.75 Å². The molecule has 3 aromatic rings. The van der Waals surface area contributed by atoms with Crippen molar-refractivity contribution in [1.82, 2.24) is 15.1 Å². The minimum Gasteiger partial charge on any atom is -0.507 e. The predicted octanol–water partition coefficient (Wildman–Crippen LogP) is 4.94. The molecule has 1 aliphatic rings. The first-order valence-corrected chi connectivity index (χ1v) is 10.5. The van der Waals surface area contributed by atoms with Crippen LogP contribution in [-0.2, 0) is 4.74 Å². The van der Waals surface area contributed by atoms with Gasteiger partial charge in [-0.2, -0.15) is 5.10 Å². The van der Waals surface area contributed by atoms with E-state index in [2.05, 4.69) is 10.2 Å². The van der Waals surface area contributed by atoms with Gasteiger partial charge in [0.15, 0.2) is 0 Å². The summed E-state index contributed by atoms with van der Waals surface area (Å²) in [6, 6.07) is 10.3. The molecule has 31 heavy (non-hydrogen) atoms. The number of phenols is 1. The average Bonchev–Trinajstić information content (AvgIpc) is 3.27. The van der Waals surface area contributed by atoms with E-state index < -0.39 is 11.9 Å². The number of H-pyrrole nitrogens is 1. The molecule has 1 atom stereocenters. The van der Waals surface area contributed by atoms with Crippen LogP contribution < -0.4 is 0 Å². The second-order valence-electron chi connectivity index (χ2n) is 7.72. The van der Waals surface area contributed by atoms with Crippen LogP contribution in [0.2, 0.25) is 5.02 Å². The molecule has 4 rings (SSSR count). The number of halogens is 2. The van der Waals surface area contributed by atoms with Gasteiger partial charge < -0.3 is 14.7 Å². The van der Waals surface area contributed by atoms with Crippen molar-refractivity contribution in [2.75, 3.05) is 13.2 Å². The zero-order valence-electron chi connectivity index (χ0n) is 17.2. The number of rotatable bonds is 7. The molecule has 2 N–H and O–H groups in total. The highest BCUT2D eigenvalue weighted by molar-refractivity contribution is 6.31. The van der Waals surface area contributed by atoms with E-state index in [0.29, 0.717) is 47.0 Å². The Bertz CT molecular complexity index is 1120. The molecular weight excluding hydrogens is 421 g/mol. The molecule has 2 heterocycles. The Morgan fingerprint density at radius 1 is 1.29 bits per heavy atom. The van der Waals surface area contributed by atoms with Crippen molar-refractivity contribution in [2.24, 2.45) is 0 Å². The van der Waals surface area contributed by atoms with Gasteiger partial charge in [0.25, 0.3) is 5.91 Å². The van der Waals surface area contributed by atoms with Crippen LogP contribution in [0.1, 0.15) is 47.9 Å². The van der Waals surface area contributed by atoms with Gasteiger partial charge in [0.05, 0.1) is 12.1 Å². The van der Waals surface area contributed by atoms with Gasteiger partial charge in [-0.3, -0.25) is 9.89 Å². The van der Waals surface area contributed by atoms with Gasteiger partial charge in [0.1, 0.15) is 23.0 Å². The van der Waals surface area contributed by atoms with Gasteiger partial charge in [-0.1, -0.05) is 29.8 Å². The van der Waals surface area contributed by atoms with E-state index in [9.17, 15) is 14.3 Å². The van der Waals surface area contributed by atoms with Crippen LogP contribution in [0.3, 0.4) is 0 Å². The summed E-state index contributed by atoms with van der Waals surface area (Å²) in [5.41, 5.74) is 1.93. The summed E-state index contributed by atoms with van der Waals surface area (Å²) in [4.78, 5) is 14.8. The Morgan fingerprint density at radius 2 is 2.06 bits per heavy atom. The minimum atomic E-state index is -0.685. The number of aromatic amines is 1. The highest BCUT2D eigenvalue weighted by Gasteiger charge is 2.43. The Morgan fingerprint density at radius 3 is 2.81 bits per heavy atom. The molecule has 0 radical (unpaired) electrons. The SMILES string of the molecule is CC(C)OCCCN1C(=O)c2[nH]nc(-c3cc(Cl)ccc3O)c2C1c1ccccc1F. The van der Waals surface area contributed by atoms with Gasteiger partial charge in [0.2, 0.25) is 0 Å². The van der Waals surface area contributed by atoms with Crippen LogP contribution in [0, 0.1) is 5.82 Å². The second-order valence-corrected chi connectivity index (χ2v) is 8.15. The molecule has 0 aliphatic carbocycles. The smallest absolute Gasteiger partial charge is 0.273 e. The minimum absolute atomic E-state index is 0.0257. The molecule has 0 fully saturated rings. The lowest BCUT2D eigenvalue weighted by Crippen LogP contribution is -2.31. The first-order valence-electron chi connectivity index (χ1n) is 10.1. The number of aromatic hydroxyl groups is 1. The van der Waals surface area contributed by atoms with E-state index in [4.69, 9.17) is 16.3 Å². The summed E-state index contributed by atoms with van der Waals surface area (Å²) in [6.45, 7) is 4.76. The molecule has 0 spiro atoms. The summed E-state index contributed by atoms with van der Waals surface area (Å²) < 4.78 is 20.5. The third kappa shape index (κ3) is 4.03. The number of nitrogens with zero attached hydrogens (tertiary/aromatic N) is 2. The van der Waals surface area contributed by atoms with E-state index in [1.807, 2.05) is 13.8 Å². The molecule has 6 nitrogen and oxygen atoms in total. The van der Waals surface area contributed by atoms with Crippen molar-refractivity contribution in [3.05, 3.63) is 70.1 Å². The van der Waals surface area contributed by atoms with Gasteiger partial charge >= 0.3 is 0 Å². The third-order valence-electron chi connectivity index (χ3n) is 5.27. The van der Waals surface area contributed by atoms with Crippen molar-refractivity contribution in [3.8, 4) is 17.0 Å².